The Bertz CT molecular complexity index is 838. The number of aryl methyl sites for hydroxylation is 3. The second-order valence-corrected chi connectivity index (χ2v) is 8.21. The quantitative estimate of drug-likeness (QED) is 0.861. The molecule has 2 rings (SSSR count). The van der Waals surface area contributed by atoms with Crippen LogP contribution in [-0.4, -0.2) is 33.7 Å². The van der Waals surface area contributed by atoms with E-state index in [9.17, 15) is 13.2 Å². The molecule has 0 aliphatic carbocycles. The van der Waals surface area contributed by atoms with Crippen molar-refractivity contribution in [2.45, 2.75) is 20.8 Å². The van der Waals surface area contributed by atoms with Gasteiger partial charge in [0.05, 0.1) is 18.5 Å². The van der Waals surface area contributed by atoms with Crippen molar-refractivity contribution in [2.24, 2.45) is 0 Å². The molecule has 25 heavy (non-hydrogen) atoms. The molecular weight excluding hydrogens is 336 g/mol. The number of nitrogens with zero attached hydrogens (tertiary/aromatic N) is 1. The van der Waals surface area contributed by atoms with Crippen LogP contribution in [0.1, 0.15) is 27.0 Å². The van der Waals surface area contributed by atoms with Crippen LogP contribution in [-0.2, 0) is 10.0 Å². The minimum Gasteiger partial charge on any atom is -0.350 e. The van der Waals surface area contributed by atoms with Crippen molar-refractivity contribution in [3.05, 3.63) is 64.7 Å². The molecule has 0 saturated carbocycles. The first-order valence-electron chi connectivity index (χ1n) is 8.08. The second-order valence-electron chi connectivity index (χ2n) is 6.30. The normalized spacial score (nSPS) is 11.2. The number of benzene rings is 2. The molecule has 0 aliphatic rings. The summed E-state index contributed by atoms with van der Waals surface area (Å²) in [4.78, 5) is 12.2. The lowest BCUT2D eigenvalue weighted by molar-refractivity contribution is 0.0955. The summed E-state index contributed by atoms with van der Waals surface area (Å²) in [6.45, 7) is 6.22. The average Bonchev–Trinajstić information content (AvgIpc) is 2.49. The number of hydrogen-bond donors (Lipinski definition) is 1. The van der Waals surface area contributed by atoms with E-state index in [1.54, 1.807) is 12.1 Å². The molecule has 0 radical (unpaired) electrons. The Hall–Kier alpha value is -2.34. The monoisotopic (exact) mass is 360 g/mol. The van der Waals surface area contributed by atoms with Gasteiger partial charge in [-0.15, -0.1) is 0 Å². The van der Waals surface area contributed by atoms with E-state index in [0.717, 1.165) is 16.7 Å². The van der Waals surface area contributed by atoms with Crippen LogP contribution in [0, 0.1) is 20.8 Å². The minimum absolute atomic E-state index is 0.180. The summed E-state index contributed by atoms with van der Waals surface area (Å²) < 4.78 is 25.6. The van der Waals surface area contributed by atoms with E-state index in [0.29, 0.717) is 11.3 Å². The Morgan fingerprint density at radius 2 is 1.52 bits per heavy atom. The van der Waals surface area contributed by atoms with Gasteiger partial charge in [-0.05, 0) is 56.2 Å². The fourth-order valence-electron chi connectivity index (χ4n) is 2.66. The van der Waals surface area contributed by atoms with Crippen LogP contribution in [0.15, 0.2) is 42.5 Å². The molecule has 134 valence electrons. The molecule has 2 aromatic carbocycles. The predicted octanol–water partition coefficient (Wildman–Crippen LogP) is 2.81. The van der Waals surface area contributed by atoms with E-state index >= 15 is 0 Å². The average molecular weight is 360 g/mol. The molecule has 0 saturated heterocycles. The number of nitrogens with one attached hydrogen (secondary N) is 1. The summed E-state index contributed by atoms with van der Waals surface area (Å²) in [6, 6.07) is 12.9. The number of carbonyl (C=O) groups is 1. The molecule has 0 atom stereocenters. The Morgan fingerprint density at radius 3 is 2.04 bits per heavy atom. The second kappa shape index (κ2) is 7.70. The van der Waals surface area contributed by atoms with E-state index < -0.39 is 10.0 Å². The molecule has 0 aromatic heterocycles. The Labute approximate surface area is 149 Å². The smallest absolute Gasteiger partial charge is 0.251 e. The first kappa shape index (κ1) is 19.0. The van der Waals surface area contributed by atoms with Crippen molar-refractivity contribution in [3.8, 4) is 0 Å². The van der Waals surface area contributed by atoms with Crippen molar-refractivity contribution in [1.29, 1.82) is 0 Å². The standard InChI is InChI=1S/C19H24N2O3S/c1-14-5-7-17(8-6-14)19(22)20-9-10-21(25(4,23)24)18-12-15(2)11-16(3)13-18/h5-8,11-13H,9-10H2,1-4H3,(H,20,22). The van der Waals surface area contributed by atoms with Crippen molar-refractivity contribution in [2.75, 3.05) is 23.7 Å². The van der Waals surface area contributed by atoms with Gasteiger partial charge >= 0.3 is 0 Å². The van der Waals surface area contributed by atoms with Gasteiger partial charge in [0.2, 0.25) is 10.0 Å². The Balaban J connectivity index is 2.08. The molecule has 0 spiro atoms. The summed E-state index contributed by atoms with van der Waals surface area (Å²) in [5.74, 6) is -0.214. The molecule has 6 heteroatoms. The summed E-state index contributed by atoms with van der Waals surface area (Å²) in [5.41, 5.74) is 4.24. The van der Waals surface area contributed by atoms with Gasteiger partial charge in [0, 0.05) is 12.1 Å². The summed E-state index contributed by atoms with van der Waals surface area (Å²) >= 11 is 0. The fourth-order valence-corrected chi connectivity index (χ4v) is 3.57. The molecule has 0 aliphatic heterocycles. The highest BCUT2D eigenvalue weighted by Gasteiger charge is 2.18. The van der Waals surface area contributed by atoms with Crippen LogP contribution in [0.25, 0.3) is 0 Å². The maximum atomic E-state index is 12.2. The van der Waals surface area contributed by atoms with E-state index in [1.165, 1.54) is 10.6 Å². The maximum absolute atomic E-state index is 12.2. The SMILES string of the molecule is Cc1ccc(C(=O)NCCN(c2cc(C)cc(C)c2)S(C)(=O)=O)cc1. The lowest BCUT2D eigenvalue weighted by atomic mass is 10.1. The molecule has 2 aromatic rings. The van der Waals surface area contributed by atoms with Gasteiger partial charge in [-0.25, -0.2) is 8.42 Å². The van der Waals surface area contributed by atoms with Gasteiger partial charge in [0.1, 0.15) is 0 Å². The van der Waals surface area contributed by atoms with Crippen molar-refractivity contribution >= 4 is 21.6 Å². The Kier molecular flexibility index (Phi) is 5.85. The van der Waals surface area contributed by atoms with Crippen molar-refractivity contribution < 1.29 is 13.2 Å². The lowest BCUT2D eigenvalue weighted by Crippen LogP contribution is -2.38. The van der Waals surface area contributed by atoms with E-state index in [2.05, 4.69) is 5.32 Å². The molecule has 0 unspecified atom stereocenters. The topological polar surface area (TPSA) is 66.5 Å². The maximum Gasteiger partial charge on any atom is 0.251 e. The van der Waals surface area contributed by atoms with Gasteiger partial charge in [-0.3, -0.25) is 9.10 Å². The molecule has 0 bridgehead atoms. The van der Waals surface area contributed by atoms with E-state index in [4.69, 9.17) is 0 Å². The third-order valence-electron chi connectivity index (χ3n) is 3.81. The van der Waals surface area contributed by atoms with Gasteiger partial charge in [0.15, 0.2) is 0 Å². The van der Waals surface area contributed by atoms with Crippen LogP contribution in [0.3, 0.4) is 0 Å². The lowest BCUT2D eigenvalue weighted by Gasteiger charge is -2.23. The number of sulfonamides is 1. The molecule has 1 amide bonds. The van der Waals surface area contributed by atoms with Crippen LogP contribution in [0.2, 0.25) is 0 Å². The first-order valence-corrected chi connectivity index (χ1v) is 9.92. The predicted molar refractivity (Wildman–Crippen MR) is 102 cm³/mol. The third-order valence-corrected chi connectivity index (χ3v) is 5.00. The van der Waals surface area contributed by atoms with Crippen LogP contribution < -0.4 is 9.62 Å². The number of carbonyl (C=O) groups excluding carboxylic acids is 1. The third kappa shape index (κ3) is 5.32. The fraction of sp³-hybridized carbons (Fsp3) is 0.316. The first-order chi connectivity index (χ1) is 11.7. The van der Waals surface area contributed by atoms with E-state index in [1.807, 2.05) is 51.1 Å². The number of amides is 1. The van der Waals surface area contributed by atoms with E-state index in [-0.39, 0.29) is 19.0 Å². The van der Waals surface area contributed by atoms with Gasteiger partial charge in [-0.2, -0.15) is 0 Å². The largest absolute Gasteiger partial charge is 0.350 e. The van der Waals surface area contributed by atoms with Gasteiger partial charge in [0.25, 0.3) is 5.91 Å². The zero-order valence-electron chi connectivity index (χ0n) is 15.0. The number of anilines is 1. The van der Waals surface area contributed by atoms with Gasteiger partial charge < -0.3 is 5.32 Å². The van der Waals surface area contributed by atoms with Crippen molar-refractivity contribution in [3.63, 3.8) is 0 Å². The zero-order valence-corrected chi connectivity index (χ0v) is 15.9. The highest BCUT2D eigenvalue weighted by Crippen LogP contribution is 2.20. The number of hydrogen-bond acceptors (Lipinski definition) is 3. The minimum atomic E-state index is -3.44. The Morgan fingerprint density at radius 1 is 0.960 bits per heavy atom. The molecule has 0 fully saturated rings. The van der Waals surface area contributed by atoms with Crippen LogP contribution in [0.4, 0.5) is 5.69 Å². The highest BCUT2D eigenvalue weighted by molar-refractivity contribution is 7.92. The van der Waals surface area contributed by atoms with Crippen LogP contribution >= 0.6 is 0 Å². The molecule has 5 nitrogen and oxygen atoms in total. The summed E-state index contributed by atoms with van der Waals surface area (Å²) in [5, 5.41) is 2.77. The van der Waals surface area contributed by atoms with Crippen LogP contribution in [0.5, 0.6) is 0 Å². The number of rotatable bonds is 6. The molecular formula is C19H24N2O3S. The van der Waals surface area contributed by atoms with Gasteiger partial charge in [-0.1, -0.05) is 23.8 Å². The molecule has 1 N–H and O–H groups in total. The summed E-state index contributed by atoms with van der Waals surface area (Å²) in [6.07, 6.45) is 1.17. The zero-order chi connectivity index (χ0) is 18.6. The molecule has 0 heterocycles. The summed E-state index contributed by atoms with van der Waals surface area (Å²) in [7, 11) is -3.44. The highest BCUT2D eigenvalue weighted by atomic mass is 32.2. The van der Waals surface area contributed by atoms with Crippen molar-refractivity contribution in [1.82, 2.24) is 5.32 Å².